The summed E-state index contributed by atoms with van der Waals surface area (Å²) < 4.78 is 5.29. The SMILES string of the molecule is C=CCC(COCC)NCC. The highest BCUT2D eigenvalue weighted by Gasteiger charge is 2.02. The van der Waals surface area contributed by atoms with Crippen molar-refractivity contribution < 1.29 is 4.74 Å². The van der Waals surface area contributed by atoms with Crippen molar-refractivity contribution >= 4 is 0 Å². The molecule has 0 aromatic heterocycles. The number of nitrogens with one attached hydrogen (secondary N) is 1. The van der Waals surface area contributed by atoms with Crippen LogP contribution in [0.2, 0.25) is 0 Å². The lowest BCUT2D eigenvalue weighted by Crippen LogP contribution is -2.32. The zero-order chi connectivity index (χ0) is 8.53. The Morgan fingerprint density at radius 2 is 2.27 bits per heavy atom. The highest BCUT2D eigenvalue weighted by atomic mass is 16.5. The normalized spacial score (nSPS) is 12.9. The van der Waals surface area contributed by atoms with Gasteiger partial charge >= 0.3 is 0 Å². The number of likely N-dealkylation sites (N-methyl/N-ethyl adjacent to an activating group) is 1. The molecule has 1 atom stereocenters. The molecule has 0 aromatic carbocycles. The fraction of sp³-hybridized carbons (Fsp3) is 0.778. The Morgan fingerprint density at radius 3 is 2.73 bits per heavy atom. The van der Waals surface area contributed by atoms with Crippen LogP contribution in [0.1, 0.15) is 20.3 Å². The molecule has 1 unspecified atom stereocenters. The van der Waals surface area contributed by atoms with E-state index in [1.165, 1.54) is 0 Å². The van der Waals surface area contributed by atoms with Crippen molar-refractivity contribution in [1.82, 2.24) is 5.32 Å². The molecular formula is C9H19NO. The van der Waals surface area contributed by atoms with E-state index in [0.717, 1.165) is 26.2 Å². The average molecular weight is 157 g/mol. The highest BCUT2D eigenvalue weighted by molar-refractivity contribution is 4.77. The molecule has 0 saturated carbocycles. The van der Waals surface area contributed by atoms with E-state index in [1.807, 2.05) is 13.0 Å². The first-order chi connectivity index (χ1) is 5.35. The second kappa shape index (κ2) is 7.76. The molecule has 0 aliphatic rings. The Labute approximate surface area is 69.6 Å². The summed E-state index contributed by atoms with van der Waals surface area (Å²) >= 11 is 0. The van der Waals surface area contributed by atoms with E-state index in [2.05, 4.69) is 18.8 Å². The van der Waals surface area contributed by atoms with E-state index >= 15 is 0 Å². The largest absolute Gasteiger partial charge is 0.380 e. The van der Waals surface area contributed by atoms with Crippen molar-refractivity contribution in [3.63, 3.8) is 0 Å². The first-order valence-electron chi connectivity index (χ1n) is 4.27. The van der Waals surface area contributed by atoms with Gasteiger partial charge in [0.1, 0.15) is 0 Å². The summed E-state index contributed by atoms with van der Waals surface area (Å²) in [6.45, 7) is 10.4. The molecule has 0 heterocycles. The lowest BCUT2D eigenvalue weighted by Gasteiger charge is -2.14. The summed E-state index contributed by atoms with van der Waals surface area (Å²) in [5.74, 6) is 0. The summed E-state index contributed by atoms with van der Waals surface area (Å²) in [4.78, 5) is 0. The first-order valence-corrected chi connectivity index (χ1v) is 4.27. The molecule has 0 aliphatic heterocycles. The highest BCUT2D eigenvalue weighted by Crippen LogP contribution is 1.93. The lowest BCUT2D eigenvalue weighted by atomic mass is 10.2. The molecule has 0 aliphatic carbocycles. The molecule has 1 N–H and O–H groups in total. The van der Waals surface area contributed by atoms with Crippen molar-refractivity contribution in [2.75, 3.05) is 19.8 Å². The van der Waals surface area contributed by atoms with Crippen LogP contribution in [0.25, 0.3) is 0 Å². The molecule has 66 valence electrons. The minimum Gasteiger partial charge on any atom is -0.380 e. The molecule has 0 bridgehead atoms. The molecular weight excluding hydrogens is 138 g/mol. The molecule has 0 radical (unpaired) electrons. The Hall–Kier alpha value is -0.340. The Bertz CT molecular complexity index is 93.6. The van der Waals surface area contributed by atoms with Crippen molar-refractivity contribution in [2.24, 2.45) is 0 Å². The van der Waals surface area contributed by atoms with E-state index in [-0.39, 0.29) is 0 Å². The maximum Gasteiger partial charge on any atom is 0.0622 e. The number of hydrogen-bond donors (Lipinski definition) is 1. The molecule has 0 saturated heterocycles. The molecule has 0 fully saturated rings. The third-order valence-electron chi connectivity index (χ3n) is 1.47. The van der Waals surface area contributed by atoms with Crippen LogP contribution in [0.3, 0.4) is 0 Å². The van der Waals surface area contributed by atoms with E-state index in [9.17, 15) is 0 Å². The quantitative estimate of drug-likeness (QED) is 0.566. The van der Waals surface area contributed by atoms with Gasteiger partial charge in [0.15, 0.2) is 0 Å². The van der Waals surface area contributed by atoms with Crippen LogP contribution in [0.4, 0.5) is 0 Å². The fourth-order valence-electron chi connectivity index (χ4n) is 0.960. The smallest absolute Gasteiger partial charge is 0.0622 e. The van der Waals surface area contributed by atoms with Gasteiger partial charge in [-0.3, -0.25) is 0 Å². The number of rotatable bonds is 7. The van der Waals surface area contributed by atoms with Crippen molar-refractivity contribution in [2.45, 2.75) is 26.3 Å². The standard InChI is InChI=1S/C9H19NO/c1-4-7-9(10-5-2)8-11-6-3/h4,9-10H,1,5-8H2,2-3H3. The summed E-state index contributed by atoms with van der Waals surface area (Å²) in [5.41, 5.74) is 0. The average Bonchev–Trinajstić information content (AvgIpc) is 2.01. The summed E-state index contributed by atoms with van der Waals surface area (Å²) in [6.07, 6.45) is 2.90. The van der Waals surface area contributed by atoms with Gasteiger partial charge in [-0.05, 0) is 19.9 Å². The molecule has 0 amide bonds. The third kappa shape index (κ3) is 6.07. The topological polar surface area (TPSA) is 21.3 Å². The van der Waals surface area contributed by atoms with Crippen LogP contribution >= 0.6 is 0 Å². The van der Waals surface area contributed by atoms with Crippen LogP contribution in [0, 0.1) is 0 Å². The first kappa shape index (κ1) is 10.7. The zero-order valence-corrected chi connectivity index (χ0v) is 7.60. The second-order valence-electron chi connectivity index (χ2n) is 2.44. The third-order valence-corrected chi connectivity index (χ3v) is 1.47. The van der Waals surface area contributed by atoms with Gasteiger partial charge in [0.05, 0.1) is 6.61 Å². The monoisotopic (exact) mass is 157 g/mol. The van der Waals surface area contributed by atoms with Gasteiger partial charge in [-0.1, -0.05) is 13.0 Å². The van der Waals surface area contributed by atoms with Gasteiger partial charge < -0.3 is 10.1 Å². The van der Waals surface area contributed by atoms with Gasteiger partial charge in [0.2, 0.25) is 0 Å². The number of ether oxygens (including phenoxy) is 1. The Kier molecular flexibility index (Phi) is 7.52. The fourth-order valence-corrected chi connectivity index (χ4v) is 0.960. The lowest BCUT2D eigenvalue weighted by molar-refractivity contribution is 0.124. The van der Waals surface area contributed by atoms with Gasteiger partial charge in [-0.2, -0.15) is 0 Å². The maximum atomic E-state index is 5.29. The molecule has 0 aromatic rings. The minimum atomic E-state index is 0.442. The maximum absolute atomic E-state index is 5.29. The molecule has 0 rings (SSSR count). The second-order valence-corrected chi connectivity index (χ2v) is 2.44. The summed E-state index contributed by atoms with van der Waals surface area (Å²) in [6, 6.07) is 0.442. The predicted molar refractivity (Wildman–Crippen MR) is 48.8 cm³/mol. The van der Waals surface area contributed by atoms with Crippen molar-refractivity contribution in [3.8, 4) is 0 Å². The predicted octanol–water partition coefficient (Wildman–Crippen LogP) is 1.58. The van der Waals surface area contributed by atoms with E-state index in [4.69, 9.17) is 4.74 Å². The molecule has 2 heteroatoms. The summed E-state index contributed by atoms with van der Waals surface area (Å²) in [7, 11) is 0. The van der Waals surface area contributed by atoms with Gasteiger partial charge in [-0.15, -0.1) is 6.58 Å². The van der Waals surface area contributed by atoms with Crippen molar-refractivity contribution in [1.29, 1.82) is 0 Å². The summed E-state index contributed by atoms with van der Waals surface area (Å²) in [5, 5.41) is 3.32. The van der Waals surface area contributed by atoms with Crippen LogP contribution in [-0.4, -0.2) is 25.8 Å². The van der Waals surface area contributed by atoms with Gasteiger partial charge in [0, 0.05) is 12.6 Å². The van der Waals surface area contributed by atoms with Crippen molar-refractivity contribution in [3.05, 3.63) is 12.7 Å². The Balaban J connectivity index is 3.41. The number of hydrogen-bond acceptors (Lipinski definition) is 2. The Morgan fingerprint density at radius 1 is 1.55 bits per heavy atom. The minimum absolute atomic E-state index is 0.442. The zero-order valence-electron chi connectivity index (χ0n) is 7.60. The van der Waals surface area contributed by atoms with Crippen LogP contribution in [0.5, 0.6) is 0 Å². The van der Waals surface area contributed by atoms with Crippen LogP contribution in [0.15, 0.2) is 12.7 Å². The molecule has 0 spiro atoms. The van der Waals surface area contributed by atoms with E-state index in [0.29, 0.717) is 6.04 Å². The molecule has 2 nitrogen and oxygen atoms in total. The van der Waals surface area contributed by atoms with Crippen LogP contribution < -0.4 is 5.32 Å². The van der Waals surface area contributed by atoms with E-state index in [1.54, 1.807) is 0 Å². The van der Waals surface area contributed by atoms with Crippen LogP contribution in [-0.2, 0) is 4.74 Å². The van der Waals surface area contributed by atoms with E-state index < -0.39 is 0 Å². The molecule has 11 heavy (non-hydrogen) atoms. The van der Waals surface area contributed by atoms with Gasteiger partial charge in [-0.25, -0.2) is 0 Å². The van der Waals surface area contributed by atoms with Gasteiger partial charge in [0.25, 0.3) is 0 Å².